The number of rotatable bonds is 2. The van der Waals surface area contributed by atoms with Crippen molar-refractivity contribution in [2.75, 3.05) is 25.0 Å². The lowest BCUT2D eigenvalue weighted by molar-refractivity contribution is 0.0975. The highest BCUT2D eigenvalue weighted by atomic mass is 35.5. The molecule has 1 aromatic rings. The number of halogens is 1. The van der Waals surface area contributed by atoms with Gasteiger partial charge in [-0.2, -0.15) is 0 Å². The van der Waals surface area contributed by atoms with Crippen LogP contribution in [-0.4, -0.2) is 35.6 Å². The molecule has 0 amide bonds. The zero-order chi connectivity index (χ0) is 10.3. The van der Waals surface area contributed by atoms with Gasteiger partial charge >= 0.3 is 0 Å². The monoisotopic (exact) mass is 243 g/mol. The molecule has 1 aromatic heterocycles. The predicted molar refractivity (Wildman–Crippen MR) is 63.7 cm³/mol. The normalized spacial score (nSPS) is 34.3. The van der Waals surface area contributed by atoms with Crippen molar-refractivity contribution in [3.63, 3.8) is 0 Å². The van der Waals surface area contributed by atoms with E-state index in [1.807, 2.05) is 5.38 Å². The standard InChI is InChI=1S/C10H14ClN3S/c11-9-6-15-10(13-9)12-8-5-14-3-1-7(8)2-4-14/h6-8H,1-5H2,(H,12,13). The third-order valence-electron chi connectivity index (χ3n) is 3.44. The lowest BCUT2D eigenvalue weighted by Crippen LogP contribution is -2.53. The van der Waals surface area contributed by atoms with E-state index >= 15 is 0 Å². The van der Waals surface area contributed by atoms with Crippen LogP contribution >= 0.6 is 22.9 Å². The van der Waals surface area contributed by atoms with Crippen LogP contribution < -0.4 is 5.32 Å². The van der Waals surface area contributed by atoms with Gasteiger partial charge in [0, 0.05) is 18.0 Å². The molecule has 82 valence electrons. The van der Waals surface area contributed by atoms with Crippen LogP contribution in [0.15, 0.2) is 5.38 Å². The first kappa shape index (κ1) is 9.87. The van der Waals surface area contributed by atoms with Crippen LogP contribution in [-0.2, 0) is 0 Å². The number of thiazole rings is 1. The molecule has 2 bridgehead atoms. The first-order valence-electron chi connectivity index (χ1n) is 5.41. The summed E-state index contributed by atoms with van der Waals surface area (Å²) in [6.07, 6.45) is 2.66. The molecule has 3 saturated heterocycles. The van der Waals surface area contributed by atoms with Crippen molar-refractivity contribution in [2.45, 2.75) is 18.9 Å². The third-order valence-corrected chi connectivity index (χ3v) is 4.54. The predicted octanol–water partition coefficient (Wildman–Crippen LogP) is 2.30. The van der Waals surface area contributed by atoms with E-state index in [0.29, 0.717) is 11.2 Å². The van der Waals surface area contributed by atoms with Gasteiger partial charge in [0.05, 0.1) is 0 Å². The average Bonchev–Trinajstić information content (AvgIpc) is 2.66. The first-order chi connectivity index (χ1) is 7.31. The highest BCUT2D eigenvalue weighted by Crippen LogP contribution is 2.30. The van der Waals surface area contributed by atoms with Crippen LogP contribution in [0.3, 0.4) is 0 Å². The molecule has 15 heavy (non-hydrogen) atoms. The molecule has 0 aliphatic carbocycles. The maximum atomic E-state index is 5.81. The fraction of sp³-hybridized carbons (Fsp3) is 0.700. The fourth-order valence-electron chi connectivity index (χ4n) is 2.61. The van der Waals surface area contributed by atoms with E-state index in [1.165, 1.54) is 32.5 Å². The lowest BCUT2D eigenvalue weighted by Gasteiger charge is -2.44. The molecule has 4 heterocycles. The Hall–Kier alpha value is -0.320. The Bertz CT molecular complexity index is 346. The van der Waals surface area contributed by atoms with Crippen molar-refractivity contribution in [2.24, 2.45) is 5.92 Å². The molecule has 4 rings (SSSR count). The number of fused-ring (bicyclic) bond motifs is 3. The van der Waals surface area contributed by atoms with Crippen molar-refractivity contribution in [1.29, 1.82) is 0 Å². The second-order valence-electron chi connectivity index (χ2n) is 4.36. The second-order valence-corrected chi connectivity index (χ2v) is 5.61. The molecule has 3 aliphatic rings. The number of hydrogen-bond acceptors (Lipinski definition) is 4. The molecule has 1 unspecified atom stereocenters. The number of aromatic nitrogens is 1. The van der Waals surface area contributed by atoms with Gasteiger partial charge in [-0.1, -0.05) is 11.6 Å². The van der Waals surface area contributed by atoms with Crippen molar-refractivity contribution >= 4 is 28.1 Å². The lowest BCUT2D eigenvalue weighted by atomic mass is 9.84. The molecule has 3 nitrogen and oxygen atoms in total. The Labute approximate surface area is 98.4 Å². The van der Waals surface area contributed by atoms with E-state index in [1.54, 1.807) is 11.3 Å². The Balaban J connectivity index is 1.68. The fourth-order valence-corrected chi connectivity index (χ4v) is 3.51. The van der Waals surface area contributed by atoms with Crippen LogP contribution in [0.5, 0.6) is 0 Å². The summed E-state index contributed by atoms with van der Waals surface area (Å²) in [6.45, 7) is 3.73. The van der Waals surface area contributed by atoms with Crippen LogP contribution in [0.1, 0.15) is 12.8 Å². The van der Waals surface area contributed by atoms with E-state index in [-0.39, 0.29) is 0 Å². The second kappa shape index (κ2) is 3.92. The Morgan fingerprint density at radius 1 is 1.47 bits per heavy atom. The van der Waals surface area contributed by atoms with Crippen molar-refractivity contribution < 1.29 is 0 Å². The van der Waals surface area contributed by atoms with Gasteiger partial charge in [0.25, 0.3) is 0 Å². The van der Waals surface area contributed by atoms with Crippen LogP contribution in [0.2, 0.25) is 5.15 Å². The summed E-state index contributed by atoms with van der Waals surface area (Å²) in [5.74, 6) is 0.831. The summed E-state index contributed by atoms with van der Waals surface area (Å²) in [4.78, 5) is 6.78. The highest BCUT2D eigenvalue weighted by Gasteiger charge is 2.34. The summed E-state index contributed by atoms with van der Waals surface area (Å²) in [6, 6.07) is 0.578. The van der Waals surface area contributed by atoms with Gasteiger partial charge in [-0.05, 0) is 31.8 Å². The van der Waals surface area contributed by atoms with Crippen LogP contribution in [0.25, 0.3) is 0 Å². The van der Waals surface area contributed by atoms with Gasteiger partial charge in [0.2, 0.25) is 0 Å². The minimum Gasteiger partial charge on any atom is -0.357 e. The van der Waals surface area contributed by atoms with Crippen LogP contribution in [0.4, 0.5) is 5.13 Å². The Morgan fingerprint density at radius 3 is 2.80 bits per heavy atom. The number of anilines is 1. The molecule has 3 aliphatic heterocycles. The minimum atomic E-state index is 0.578. The molecule has 0 saturated carbocycles. The SMILES string of the molecule is Clc1csc(NC2CN3CCC2CC3)n1. The molecule has 3 fully saturated rings. The summed E-state index contributed by atoms with van der Waals surface area (Å²) in [7, 11) is 0. The van der Waals surface area contributed by atoms with Crippen molar-refractivity contribution in [3.05, 3.63) is 10.5 Å². The summed E-state index contributed by atoms with van der Waals surface area (Å²) >= 11 is 7.40. The van der Waals surface area contributed by atoms with Gasteiger partial charge in [-0.15, -0.1) is 11.3 Å². The number of hydrogen-bond donors (Lipinski definition) is 1. The molecule has 0 radical (unpaired) electrons. The van der Waals surface area contributed by atoms with E-state index < -0.39 is 0 Å². The van der Waals surface area contributed by atoms with Gasteiger partial charge in [0.15, 0.2) is 5.13 Å². The maximum Gasteiger partial charge on any atom is 0.184 e. The number of nitrogens with one attached hydrogen (secondary N) is 1. The Morgan fingerprint density at radius 2 is 2.27 bits per heavy atom. The summed E-state index contributed by atoms with van der Waals surface area (Å²) < 4.78 is 0. The Kier molecular flexibility index (Phi) is 2.58. The third kappa shape index (κ3) is 1.98. The summed E-state index contributed by atoms with van der Waals surface area (Å²) in [5.41, 5.74) is 0. The molecule has 0 aromatic carbocycles. The minimum absolute atomic E-state index is 0.578. The average molecular weight is 244 g/mol. The zero-order valence-electron chi connectivity index (χ0n) is 8.45. The van der Waals surface area contributed by atoms with E-state index in [4.69, 9.17) is 11.6 Å². The van der Waals surface area contributed by atoms with Gasteiger partial charge in [-0.25, -0.2) is 4.98 Å². The van der Waals surface area contributed by atoms with E-state index in [2.05, 4.69) is 15.2 Å². The van der Waals surface area contributed by atoms with Crippen molar-refractivity contribution in [3.8, 4) is 0 Å². The van der Waals surface area contributed by atoms with Crippen molar-refractivity contribution in [1.82, 2.24) is 9.88 Å². The van der Waals surface area contributed by atoms with Gasteiger partial charge in [0.1, 0.15) is 5.15 Å². The van der Waals surface area contributed by atoms with Gasteiger partial charge < -0.3 is 10.2 Å². The van der Waals surface area contributed by atoms with E-state index in [0.717, 1.165) is 11.0 Å². The molecular formula is C10H14ClN3S. The maximum absolute atomic E-state index is 5.81. The quantitative estimate of drug-likeness (QED) is 0.864. The topological polar surface area (TPSA) is 28.2 Å². The molecule has 5 heteroatoms. The smallest absolute Gasteiger partial charge is 0.184 e. The number of piperidine rings is 3. The van der Waals surface area contributed by atoms with E-state index in [9.17, 15) is 0 Å². The molecule has 1 atom stereocenters. The summed E-state index contributed by atoms with van der Waals surface area (Å²) in [5, 5.41) is 6.97. The largest absolute Gasteiger partial charge is 0.357 e. The zero-order valence-corrected chi connectivity index (χ0v) is 10.0. The van der Waals surface area contributed by atoms with Gasteiger partial charge in [-0.3, -0.25) is 0 Å². The highest BCUT2D eigenvalue weighted by molar-refractivity contribution is 7.14. The molecule has 0 spiro atoms. The van der Waals surface area contributed by atoms with Crippen LogP contribution in [0, 0.1) is 5.92 Å². The first-order valence-corrected chi connectivity index (χ1v) is 6.67. The molecular weight excluding hydrogens is 230 g/mol. The number of nitrogens with zero attached hydrogens (tertiary/aromatic N) is 2. The molecule has 1 N–H and O–H groups in total.